The van der Waals surface area contributed by atoms with E-state index in [-0.39, 0.29) is 11.6 Å². The second-order valence-corrected chi connectivity index (χ2v) is 5.28. The highest BCUT2D eigenvalue weighted by Crippen LogP contribution is 2.32. The molecule has 1 amide bonds. The summed E-state index contributed by atoms with van der Waals surface area (Å²) in [4.78, 5) is 12.3. The Balaban J connectivity index is 1.75. The zero-order valence-electron chi connectivity index (χ0n) is 12.1. The number of carbonyl (C=O) groups excluding carboxylic acids is 1. The van der Waals surface area contributed by atoms with E-state index in [2.05, 4.69) is 5.32 Å². The van der Waals surface area contributed by atoms with Gasteiger partial charge in [-0.2, -0.15) is 13.2 Å². The van der Waals surface area contributed by atoms with Crippen LogP contribution in [0, 0.1) is 0 Å². The molecule has 1 aliphatic rings. The maximum atomic E-state index is 12.5. The van der Waals surface area contributed by atoms with Crippen LogP contribution >= 0.6 is 0 Å². The SMILES string of the molecule is O=C(N[C@@H]1CCOc2ccccc21)c1ccc(C(F)(F)F)cc1. The molecule has 1 atom stereocenters. The molecule has 0 saturated carbocycles. The molecule has 0 bridgehead atoms. The topological polar surface area (TPSA) is 38.3 Å². The molecule has 0 unspecified atom stereocenters. The van der Waals surface area contributed by atoms with E-state index in [9.17, 15) is 18.0 Å². The number of hydrogen-bond acceptors (Lipinski definition) is 2. The number of fused-ring (bicyclic) bond motifs is 1. The number of amides is 1. The Morgan fingerprint density at radius 2 is 1.78 bits per heavy atom. The Kier molecular flexibility index (Phi) is 3.98. The highest BCUT2D eigenvalue weighted by molar-refractivity contribution is 5.94. The number of nitrogens with one attached hydrogen (secondary N) is 1. The van der Waals surface area contributed by atoms with E-state index in [1.165, 1.54) is 12.1 Å². The van der Waals surface area contributed by atoms with Gasteiger partial charge >= 0.3 is 6.18 Å². The van der Waals surface area contributed by atoms with Crippen LogP contribution in [0.3, 0.4) is 0 Å². The summed E-state index contributed by atoms with van der Waals surface area (Å²) in [7, 11) is 0. The van der Waals surface area contributed by atoms with Gasteiger partial charge in [-0.15, -0.1) is 0 Å². The van der Waals surface area contributed by atoms with E-state index in [0.29, 0.717) is 13.0 Å². The molecule has 23 heavy (non-hydrogen) atoms. The van der Waals surface area contributed by atoms with Crippen LogP contribution < -0.4 is 10.1 Å². The Bertz CT molecular complexity index is 711. The number of hydrogen-bond donors (Lipinski definition) is 1. The van der Waals surface area contributed by atoms with Gasteiger partial charge in [-0.1, -0.05) is 18.2 Å². The minimum absolute atomic E-state index is 0.196. The summed E-state index contributed by atoms with van der Waals surface area (Å²) in [6, 6.07) is 11.4. The number of para-hydroxylation sites is 1. The van der Waals surface area contributed by atoms with E-state index in [1.807, 2.05) is 24.3 Å². The van der Waals surface area contributed by atoms with Gasteiger partial charge in [0, 0.05) is 17.5 Å². The van der Waals surface area contributed by atoms with Crippen molar-refractivity contribution in [2.45, 2.75) is 18.6 Å². The predicted molar refractivity (Wildman–Crippen MR) is 78.2 cm³/mol. The average Bonchev–Trinajstić information content (AvgIpc) is 2.54. The zero-order chi connectivity index (χ0) is 16.4. The Hall–Kier alpha value is -2.50. The fourth-order valence-electron chi connectivity index (χ4n) is 2.54. The summed E-state index contributed by atoms with van der Waals surface area (Å²) in [6.07, 6.45) is -3.79. The van der Waals surface area contributed by atoms with Gasteiger partial charge in [-0.05, 0) is 30.3 Å². The third-order valence-corrected chi connectivity index (χ3v) is 3.74. The van der Waals surface area contributed by atoms with Crippen molar-refractivity contribution in [3.8, 4) is 5.75 Å². The van der Waals surface area contributed by atoms with E-state index in [1.54, 1.807) is 0 Å². The summed E-state index contributed by atoms with van der Waals surface area (Å²) in [5.74, 6) is 0.317. The molecule has 1 aliphatic heterocycles. The Morgan fingerprint density at radius 1 is 1.09 bits per heavy atom. The maximum Gasteiger partial charge on any atom is 0.416 e. The normalized spacial score (nSPS) is 17.1. The van der Waals surface area contributed by atoms with Crippen molar-refractivity contribution < 1.29 is 22.7 Å². The molecule has 1 N–H and O–H groups in total. The lowest BCUT2D eigenvalue weighted by Crippen LogP contribution is -2.32. The number of rotatable bonds is 2. The van der Waals surface area contributed by atoms with Crippen LogP contribution in [0.1, 0.15) is 33.9 Å². The third kappa shape index (κ3) is 3.31. The molecular weight excluding hydrogens is 307 g/mol. The van der Waals surface area contributed by atoms with Gasteiger partial charge in [-0.25, -0.2) is 0 Å². The minimum atomic E-state index is -4.41. The lowest BCUT2D eigenvalue weighted by atomic mass is 10.00. The molecule has 0 aromatic heterocycles. The Morgan fingerprint density at radius 3 is 2.48 bits per heavy atom. The van der Waals surface area contributed by atoms with Crippen LogP contribution in [0.25, 0.3) is 0 Å². The van der Waals surface area contributed by atoms with Gasteiger partial charge in [0.1, 0.15) is 5.75 Å². The summed E-state index contributed by atoms with van der Waals surface area (Å²) in [5, 5.41) is 2.85. The van der Waals surface area contributed by atoms with E-state index in [4.69, 9.17) is 4.74 Å². The van der Waals surface area contributed by atoms with Crippen LogP contribution in [0.2, 0.25) is 0 Å². The number of halogens is 3. The second kappa shape index (κ2) is 5.95. The van der Waals surface area contributed by atoms with Crippen molar-refractivity contribution in [3.63, 3.8) is 0 Å². The van der Waals surface area contributed by atoms with Gasteiger partial charge in [0.15, 0.2) is 0 Å². The van der Waals surface area contributed by atoms with Gasteiger partial charge < -0.3 is 10.1 Å². The van der Waals surface area contributed by atoms with Crippen LogP contribution in [0.4, 0.5) is 13.2 Å². The van der Waals surface area contributed by atoms with Crippen molar-refractivity contribution in [1.82, 2.24) is 5.32 Å². The largest absolute Gasteiger partial charge is 0.493 e. The van der Waals surface area contributed by atoms with Crippen LogP contribution in [0.5, 0.6) is 5.75 Å². The van der Waals surface area contributed by atoms with Crippen LogP contribution in [-0.4, -0.2) is 12.5 Å². The molecule has 0 saturated heterocycles. The van der Waals surface area contributed by atoms with Crippen molar-refractivity contribution in [2.75, 3.05) is 6.61 Å². The first-order valence-electron chi connectivity index (χ1n) is 7.15. The monoisotopic (exact) mass is 321 g/mol. The van der Waals surface area contributed by atoms with Gasteiger partial charge in [0.2, 0.25) is 0 Å². The third-order valence-electron chi connectivity index (χ3n) is 3.74. The highest BCUT2D eigenvalue weighted by atomic mass is 19.4. The van der Waals surface area contributed by atoms with Gasteiger partial charge in [0.05, 0.1) is 18.2 Å². The van der Waals surface area contributed by atoms with Crippen LogP contribution in [-0.2, 0) is 6.18 Å². The molecule has 0 radical (unpaired) electrons. The van der Waals surface area contributed by atoms with Crippen molar-refractivity contribution in [2.24, 2.45) is 0 Å². The molecule has 6 heteroatoms. The van der Waals surface area contributed by atoms with Crippen molar-refractivity contribution in [1.29, 1.82) is 0 Å². The summed E-state index contributed by atoms with van der Waals surface area (Å²) < 4.78 is 43.2. The van der Waals surface area contributed by atoms with Crippen molar-refractivity contribution in [3.05, 3.63) is 65.2 Å². The lowest BCUT2D eigenvalue weighted by Gasteiger charge is -2.26. The molecule has 0 fully saturated rings. The van der Waals surface area contributed by atoms with Crippen molar-refractivity contribution >= 4 is 5.91 Å². The number of benzene rings is 2. The highest BCUT2D eigenvalue weighted by Gasteiger charge is 2.30. The number of carbonyl (C=O) groups is 1. The second-order valence-electron chi connectivity index (χ2n) is 5.28. The molecular formula is C17H14F3NO2. The quantitative estimate of drug-likeness (QED) is 0.909. The lowest BCUT2D eigenvalue weighted by molar-refractivity contribution is -0.137. The predicted octanol–water partition coefficient (Wildman–Crippen LogP) is 3.96. The molecule has 2 aromatic carbocycles. The maximum absolute atomic E-state index is 12.5. The zero-order valence-corrected chi connectivity index (χ0v) is 12.1. The molecule has 2 aromatic rings. The smallest absolute Gasteiger partial charge is 0.416 e. The van der Waals surface area contributed by atoms with E-state index < -0.39 is 17.6 Å². The van der Waals surface area contributed by atoms with Gasteiger partial charge in [0.25, 0.3) is 5.91 Å². The minimum Gasteiger partial charge on any atom is -0.493 e. The van der Waals surface area contributed by atoms with E-state index >= 15 is 0 Å². The van der Waals surface area contributed by atoms with Crippen LogP contribution in [0.15, 0.2) is 48.5 Å². The number of alkyl halides is 3. The summed E-state index contributed by atoms with van der Waals surface area (Å²) in [5.41, 5.74) is 0.298. The Labute approximate surface area is 131 Å². The molecule has 0 aliphatic carbocycles. The summed E-state index contributed by atoms with van der Waals surface area (Å²) >= 11 is 0. The van der Waals surface area contributed by atoms with E-state index in [0.717, 1.165) is 23.4 Å². The molecule has 120 valence electrons. The fraction of sp³-hybridized carbons (Fsp3) is 0.235. The molecule has 3 nitrogen and oxygen atoms in total. The van der Waals surface area contributed by atoms with Gasteiger partial charge in [-0.3, -0.25) is 4.79 Å². The molecule has 0 spiro atoms. The first-order chi connectivity index (χ1) is 10.9. The molecule has 3 rings (SSSR count). The number of ether oxygens (including phenoxy) is 1. The average molecular weight is 321 g/mol. The summed E-state index contributed by atoms with van der Waals surface area (Å²) in [6.45, 7) is 0.481. The first kappa shape index (κ1) is 15.4. The molecule has 1 heterocycles. The first-order valence-corrected chi connectivity index (χ1v) is 7.15. The fourth-order valence-corrected chi connectivity index (χ4v) is 2.54. The standard InChI is InChI=1S/C17H14F3NO2/c18-17(19,20)12-7-5-11(6-8-12)16(22)21-14-9-10-23-15-4-2-1-3-13(14)15/h1-8,14H,9-10H2,(H,21,22)/t14-/m1/s1.